The van der Waals surface area contributed by atoms with Crippen LogP contribution >= 0.6 is 15.9 Å². The molecule has 0 amide bonds. The lowest BCUT2D eigenvalue weighted by molar-refractivity contribution is -0.105. The molecule has 2 rings (SSSR count). The minimum Gasteiger partial charge on any atom is -0.484 e. The van der Waals surface area contributed by atoms with E-state index in [1.807, 2.05) is 6.92 Å². The molecule has 0 saturated heterocycles. The Morgan fingerprint density at radius 1 is 1.33 bits per heavy atom. The van der Waals surface area contributed by atoms with Crippen LogP contribution in [0, 0.1) is 11.6 Å². The van der Waals surface area contributed by atoms with E-state index in [2.05, 4.69) is 28.2 Å². The summed E-state index contributed by atoms with van der Waals surface area (Å²) < 4.78 is 38.8. The van der Waals surface area contributed by atoms with Crippen LogP contribution in [0.5, 0.6) is 5.75 Å². The minimum absolute atomic E-state index is 0.0782. The van der Waals surface area contributed by atoms with Crippen molar-refractivity contribution in [2.45, 2.75) is 44.9 Å². The second kappa shape index (κ2) is 7.51. The Balaban J connectivity index is 2.02. The van der Waals surface area contributed by atoms with Crippen molar-refractivity contribution in [2.24, 2.45) is 0 Å². The van der Waals surface area contributed by atoms with Gasteiger partial charge in [-0.2, -0.15) is 4.39 Å². The molecule has 6 heteroatoms. The third kappa shape index (κ3) is 3.93. The van der Waals surface area contributed by atoms with Gasteiger partial charge >= 0.3 is 0 Å². The molecular formula is C15H20BrF2NO2. The predicted molar refractivity (Wildman–Crippen MR) is 80.6 cm³/mol. The fourth-order valence-electron chi connectivity index (χ4n) is 2.42. The molecule has 1 N–H and O–H groups in total. The molecule has 0 aromatic heterocycles. The van der Waals surface area contributed by atoms with Gasteiger partial charge in [0.1, 0.15) is 12.2 Å². The summed E-state index contributed by atoms with van der Waals surface area (Å²) >= 11 is 3.14. The maximum atomic E-state index is 13.7. The minimum atomic E-state index is -0.960. The van der Waals surface area contributed by atoms with Crippen LogP contribution in [0.2, 0.25) is 0 Å². The summed E-state index contributed by atoms with van der Waals surface area (Å²) in [6, 6.07) is 2.72. The fourth-order valence-corrected chi connectivity index (χ4v) is 2.83. The molecule has 1 aromatic carbocycles. The van der Waals surface area contributed by atoms with Crippen LogP contribution in [0.15, 0.2) is 16.6 Å². The zero-order chi connectivity index (χ0) is 15.4. The monoisotopic (exact) mass is 363 g/mol. The van der Waals surface area contributed by atoms with Crippen LogP contribution < -0.4 is 10.1 Å². The van der Waals surface area contributed by atoms with Gasteiger partial charge in [0.15, 0.2) is 11.6 Å². The number of hydrogen-bond acceptors (Lipinski definition) is 3. The third-order valence-electron chi connectivity index (χ3n) is 3.50. The molecule has 118 valence electrons. The van der Waals surface area contributed by atoms with Gasteiger partial charge < -0.3 is 14.8 Å². The topological polar surface area (TPSA) is 30.5 Å². The summed E-state index contributed by atoms with van der Waals surface area (Å²) in [7, 11) is 0. The first kappa shape index (κ1) is 16.6. The first-order valence-corrected chi connectivity index (χ1v) is 8.02. The SMILES string of the molecule is CCCNC1CC(Oc2cc(Br)cc(F)c2F)C1OCC. The van der Waals surface area contributed by atoms with Gasteiger partial charge in [-0.25, -0.2) is 4.39 Å². The predicted octanol–water partition coefficient (Wildman–Crippen LogP) is 3.65. The first-order valence-electron chi connectivity index (χ1n) is 7.23. The molecule has 1 aromatic rings. The van der Waals surface area contributed by atoms with Crippen molar-refractivity contribution < 1.29 is 18.3 Å². The second-order valence-corrected chi connectivity index (χ2v) is 5.99. The third-order valence-corrected chi connectivity index (χ3v) is 3.96. The van der Waals surface area contributed by atoms with Crippen LogP contribution in [0.1, 0.15) is 26.7 Å². The van der Waals surface area contributed by atoms with E-state index >= 15 is 0 Å². The number of ether oxygens (including phenoxy) is 2. The van der Waals surface area contributed by atoms with Gasteiger partial charge in [0, 0.05) is 23.5 Å². The number of rotatable bonds is 7. The van der Waals surface area contributed by atoms with Crippen LogP contribution in [-0.4, -0.2) is 31.4 Å². The van der Waals surface area contributed by atoms with Crippen molar-refractivity contribution in [2.75, 3.05) is 13.2 Å². The van der Waals surface area contributed by atoms with E-state index in [0.29, 0.717) is 11.1 Å². The van der Waals surface area contributed by atoms with Crippen LogP contribution in [0.3, 0.4) is 0 Å². The lowest BCUT2D eigenvalue weighted by atomic mass is 9.85. The largest absolute Gasteiger partial charge is 0.484 e. The van der Waals surface area contributed by atoms with E-state index < -0.39 is 11.6 Å². The maximum Gasteiger partial charge on any atom is 0.200 e. The number of benzene rings is 1. The van der Waals surface area contributed by atoms with Crippen LogP contribution in [-0.2, 0) is 4.74 Å². The first-order chi connectivity index (χ1) is 10.1. The normalized spacial score (nSPS) is 24.7. The number of hydrogen-bond donors (Lipinski definition) is 1. The van der Waals surface area contributed by atoms with Crippen molar-refractivity contribution in [3.05, 3.63) is 28.2 Å². The summed E-state index contributed by atoms with van der Waals surface area (Å²) in [6.07, 6.45) is 1.36. The average Bonchev–Trinajstić information content (AvgIpc) is 2.44. The van der Waals surface area contributed by atoms with Crippen molar-refractivity contribution in [3.8, 4) is 5.75 Å². The van der Waals surface area contributed by atoms with Gasteiger partial charge in [-0.3, -0.25) is 0 Å². The number of nitrogens with one attached hydrogen (secondary N) is 1. The van der Waals surface area contributed by atoms with E-state index in [1.54, 1.807) is 0 Å². The van der Waals surface area contributed by atoms with E-state index in [4.69, 9.17) is 9.47 Å². The zero-order valence-corrected chi connectivity index (χ0v) is 13.8. The molecule has 0 heterocycles. The second-order valence-electron chi connectivity index (χ2n) is 5.07. The summed E-state index contributed by atoms with van der Waals surface area (Å²) in [6.45, 7) is 5.46. The van der Waals surface area contributed by atoms with Crippen LogP contribution in [0.4, 0.5) is 8.78 Å². The fraction of sp³-hybridized carbons (Fsp3) is 0.600. The molecule has 21 heavy (non-hydrogen) atoms. The van der Waals surface area contributed by atoms with Gasteiger partial charge in [-0.15, -0.1) is 0 Å². The summed E-state index contributed by atoms with van der Waals surface area (Å²) in [5, 5.41) is 3.37. The molecular weight excluding hydrogens is 344 g/mol. The molecule has 0 spiro atoms. The van der Waals surface area contributed by atoms with Crippen LogP contribution in [0.25, 0.3) is 0 Å². The smallest absolute Gasteiger partial charge is 0.200 e. The van der Waals surface area contributed by atoms with Gasteiger partial charge in [-0.1, -0.05) is 22.9 Å². The quantitative estimate of drug-likeness (QED) is 0.750. The van der Waals surface area contributed by atoms with Crippen molar-refractivity contribution >= 4 is 15.9 Å². The Hall–Kier alpha value is -0.720. The summed E-state index contributed by atoms with van der Waals surface area (Å²) in [4.78, 5) is 0. The molecule has 3 atom stereocenters. The summed E-state index contributed by atoms with van der Waals surface area (Å²) in [5.74, 6) is -1.96. The average molecular weight is 364 g/mol. The highest BCUT2D eigenvalue weighted by Gasteiger charge is 2.43. The van der Waals surface area contributed by atoms with Gasteiger partial charge in [0.2, 0.25) is 5.82 Å². The van der Waals surface area contributed by atoms with Gasteiger partial charge in [0.05, 0.1) is 0 Å². The van der Waals surface area contributed by atoms with Crippen molar-refractivity contribution in [1.82, 2.24) is 5.32 Å². The number of halogens is 3. The van der Waals surface area contributed by atoms with E-state index in [0.717, 1.165) is 25.5 Å². The Labute approximate surface area is 132 Å². The van der Waals surface area contributed by atoms with Gasteiger partial charge in [0.25, 0.3) is 0 Å². The zero-order valence-electron chi connectivity index (χ0n) is 12.2. The Kier molecular flexibility index (Phi) is 5.96. The van der Waals surface area contributed by atoms with Crippen molar-refractivity contribution in [3.63, 3.8) is 0 Å². The molecule has 1 aliphatic rings. The lowest BCUT2D eigenvalue weighted by Crippen LogP contribution is -2.61. The summed E-state index contributed by atoms with van der Waals surface area (Å²) in [5.41, 5.74) is 0. The molecule has 3 unspecified atom stereocenters. The van der Waals surface area contributed by atoms with E-state index in [-0.39, 0.29) is 24.0 Å². The molecule has 1 saturated carbocycles. The standard InChI is InChI=1S/C15H20BrF2NO2/c1-3-5-19-11-8-13(15(11)20-4-2)21-12-7-9(16)6-10(17)14(12)18/h6-7,11,13,15,19H,3-5,8H2,1-2H3. The Morgan fingerprint density at radius 2 is 2.10 bits per heavy atom. The van der Waals surface area contributed by atoms with E-state index in [1.165, 1.54) is 6.07 Å². The Bertz CT molecular complexity index is 487. The highest BCUT2D eigenvalue weighted by Crippen LogP contribution is 2.32. The molecule has 1 fully saturated rings. The molecule has 0 radical (unpaired) electrons. The molecule has 1 aliphatic carbocycles. The van der Waals surface area contributed by atoms with Crippen molar-refractivity contribution in [1.29, 1.82) is 0 Å². The highest BCUT2D eigenvalue weighted by atomic mass is 79.9. The lowest BCUT2D eigenvalue weighted by Gasteiger charge is -2.44. The molecule has 0 bridgehead atoms. The molecule has 3 nitrogen and oxygen atoms in total. The van der Waals surface area contributed by atoms with Gasteiger partial charge in [-0.05, 0) is 32.0 Å². The van der Waals surface area contributed by atoms with E-state index in [9.17, 15) is 8.78 Å². The Morgan fingerprint density at radius 3 is 2.76 bits per heavy atom. The molecule has 0 aliphatic heterocycles. The maximum absolute atomic E-state index is 13.7. The highest BCUT2D eigenvalue weighted by molar-refractivity contribution is 9.10.